The lowest BCUT2D eigenvalue weighted by molar-refractivity contribution is -0.334. The van der Waals surface area contributed by atoms with E-state index in [2.05, 4.69) is 52.7 Å². The molecule has 16 heteroatoms. The largest absolute Gasteiger partial charge is 0.458 e. The lowest BCUT2D eigenvalue weighted by atomic mass is 9.72. The fourth-order valence-corrected chi connectivity index (χ4v) is 10.2. The Morgan fingerprint density at radius 2 is 1.73 bits per heavy atom. The molecule has 378 valence electrons. The Morgan fingerprint density at radius 1 is 1.07 bits per heavy atom. The maximum atomic E-state index is 13.6. The monoisotopic (exact) mass is 959 g/mol. The summed E-state index contributed by atoms with van der Waals surface area (Å²) in [4.78, 5) is 32.9. The first-order valence-corrected chi connectivity index (χ1v) is 26.7. The fourth-order valence-electron chi connectivity index (χ4n) is 8.83. The Balaban J connectivity index is 1.54. The maximum Gasteiger partial charge on any atom is 0.338 e. The topological polar surface area (TPSA) is 192 Å². The standard InChI is InChI=1S/C51H83N3O12Si/c1-17-31(2)39(66-67(15,16)49(6,7)8)27-40(61-14)44-45(57)50(9,10)51(65-44)28-41(63-48(59)35-22-19-18-20-23-35)34(5)38(64-51)25-21-24-36-29-62-47(53-36)32(3)26-33(4)52-46(58)43(56)42(55)37(30-60-13)54(11)12/h17-24,29,31-34,37-45,55-57H,1,25-28,30H2,2-16H3,(H,52,58)/b24-21+/t31-,32-,33+,34+,37-,38-,39+,40-,41+,42-,43-,44+,45-,51+/m0/s1/i14+1. The van der Waals surface area contributed by atoms with Crippen LogP contribution in [0.15, 0.2) is 59.7 Å². The number of benzene rings is 1. The molecule has 0 saturated carbocycles. The summed E-state index contributed by atoms with van der Waals surface area (Å²) in [5, 5.41) is 36.3. The van der Waals surface area contributed by atoms with Crippen LogP contribution >= 0.6 is 0 Å². The SMILES string of the molecule is C=C[C@H](C)[C@@H](C[C@H](O[13CH3])[C@H]1O[C@]2(C[C@@H](OC(=O)c3ccccc3)[C@H](C)[C@H](C/C=C/c3coc([C@@H](C)C[C@@H](C)NC(=O)[C@@H](O)[C@@H](O)[C@H](COC)N(C)C)n3)O2)C(C)(C)[C@H]1O)O[Si](C)(C)C(C)(C)C. The van der Waals surface area contributed by atoms with E-state index in [9.17, 15) is 24.9 Å². The van der Waals surface area contributed by atoms with Gasteiger partial charge in [0.1, 0.15) is 30.3 Å². The van der Waals surface area contributed by atoms with Crippen LogP contribution in [0.25, 0.3) is 6.08 Å². The Morgan fingerprint density at radius 3 is 2.31 bits per heavy atom. The van der Waals surface area contributed by atoms with Crippen LogP contribution in [-0.2, 0) is 32.9 Å². The number of oxazole rings is 1. The number of likely N-dealkylation sites (N-methyl/N-ethyl adjacent to an activating group) is 1. The molecule has 0 aliphatic carbocycles. The van der Waals surface area contributed by atoms with E-state index in [1.165, 1.54) is 7.11 Å². The highest BCUT2D eigenvalue weighted by molar-refractivity contribution is 6.74. The molecule has 4 rings (SSSR count). The van der Waals surface area contributed by atoms with Crippen LogP contribution in [-0.4, -0.2) is 147 Å². The zero-order valence-corrected chi connectivity index (χ0v) is 43.9. The summed E-state index contributed by atoms with van der Waals surface area (Å²) in [6.45, 7) is 27.0. The van der Waals surface area contributed by atoms with Crippen molar-refractivity contribution in [2.45, 2.75) is 179 Å². The van der Waals surface area contributed by atoms with Gasteiger partial charge in [-0.3, -0.25) is 4.79 Å². The molecule has 1 spiro atoms. The van der Waals surface area contributed by atoms with Crippen LogP contribution in [0.5, 0.6) is 0 Å². The summed E-state index contributed by atoms with van der Waals surface area (Å²) in [6, 6.07) is 7.93. The number of aliphatic hydroxyl groups excluding tert-OH is 3. The van der Waals surface area contributed by atoms with Crippen molar-refractivity contribution in [1.29, 1.82) is 0 Å². The van der Waals surface area contributed by atoms with Crippen molar-refractivity contribution < 1.29 is 57.4 Å². The van der Waals surface area contributed by atoms with Crippen LogP contribution in [0.2, 0.25) is 18.1 Å². The molecule has 0 radical (unpaired) electrons. The molecule has 2 fully saturated rings. The van der Waals surface area contributed by atoms with Crippen LogP contribution in [0.4, 0.5) is 0 Å². The van der Waals surface area contributed by atoms with Crippen molar-refractivity contribution in [2.24, 2.45) is 17.3 Å². The van der Waals surface area contributed by atoms with E-state index in [-0.39, 0.29) is 48.0 Å². The molecule has 14 atom stereocenters. The average molecular weight is 959 g/mol. The van der Waals surface area contributed by atoms with Crippen LogP contribution < -0.4 is 5.32 Å². The number of carbonyl (C=O) groups excluding carboxylic acids is 2. The van der Waals surface area contributed by atoms with Gasteiger partial charge in [-0.05, 0) is 76.1 Å². The van der Waals surface area contributed by atoms with Crippen molar-refractivity contribution in [3.8, 4) is 0 Å². The van der Waals surface area contributed by atoms with E-state index >= 15 is 0 Å². The molecule has 2 aliphatic heterocycles. The molecule has 1 aromatic carbocycles. The van der Waals surface area contributed by atoms with Crippen molar-refractivity contribution in [1.82, 2.24) is 15.2 Å². The Hall–Kier alpha value is -3.29. The van der Waals surface area contributed by atoms with Gasteiger partial charge in [0.15, 0.2) is 26.1 Å². The number of esters is 1. The normalized spacial score (nSPS) is 27.0. The number of methoxy groups -OCH3 is 2. The minimum Gasteiger partial charge on any atom is -0.458 e. The quantitative estimate of drug-likeness (QED) is 0.0381. The predicted octanol–water partition coefficient (Wildman–Crippen LogP) is 7.13. The van der Waals surface area contributed by atoms with Gasteiger partial charge in [-0.2, -0.15) is 0 Å². The van der Waals surface area contributed by atoms with E-state index in [4.69, 9.17) is 37.5 Å². The van der Waals surface area contributed by atoms with Gasteiger partial charge in [0.2, 0.25) is 0 Å². The molecule has 4 N–H and O–H groups in total. The summed E-state index contributed by atoms with van der Waals surface area (Å²) in [7, 11) is 4.38. The van der Waals surface area contributed by atoms with Crippen molar-refractivity contribution in [3.63, 3.8) is 0 Å². The molecule has 0 bridgehead atoms. The summed E-state index contributed by atoms with van der Waals surface area (Å²) < 4.78 is 44.6. The van der Waals surface area contributed by atoms with Crippen molar-refractivity contribution >= 4 is 26.3 Å². The van der Waals surface area contributed by atoms with Gasteiger partial charge in [-0.15, -0.1) is 6.58 Å². The second-order valence-electron chi connectivity index (χ2n) is 21.3. The second-order valence-corrected chi connectivity index (χ2v) is 26.0. The zero-order valence-electron chi connectivity index (χ0n) is 42.9. The first-order valence-electron chi connectivity index (χ1n) is 23.8. The zero-order chi connectivity index (χ0) is 50.2. The third-order valence-electron chi connectivity index (χ3n) is 14.7. The molecule has 1 amide bonds. The highest BCUT2D eigenvalue weighted by Gasteiger charge is 2.66. The van der Waals surface area contributed by atoms with Crippen molar-refractivity contribution in [2.75, 3.05) is 34.9 Å². The molecule has 3 heterocycles. The molecule has 15 nitrogen and oxygen atoms in total. The van der Waals surface area contributed by atoms with E-state index in [0.717, 1.165) is 0 Å². The third-order valence-corrected chi connectivity index (χ3v) is 19.2. The van der Waals surface area contributed by atoms with Gasteiger partial charge in [0.25, 0.3) is 5.91 Å². The molecule has 67 heavy (non-hydrogen) atoms. The van der Waals surface area contributed by atoms with E-state index in [1.54, 1.807) is 56.6 Å². The Labute approximate surface area is 401 Å². The molecule has 2 saturated heterocycles. The van der Waals surface area contributed by atoms with E-state index in [1.807, 2.05) is 58.9 Å². The van der Waals surface area contributed by atoms with Gasteiger partial charge >= 0.3 is 5.97 Å². The van der Waals surface area contributed by atoms with Gasteiger partial charge < -0.3 is 58.1 Å². The van der Waals surface area contributed by atoms with E-state index in [0.29, 0.717) is 36.4 Å². The number of rotatable bonds is 23. The van der Waals surface area contributed by atoms with Gasteiger partial charge in [0.05, 0.1) is 42.6 Å². The number of hydrogen-bond acceptors (Lipinski definition) is 14. The lowest BCUT2D eigenvalue weighted by Gasteiger charge is -2.50. The Kier molecular flexibility index (Phi) is 19.8. The number of aliphatic hydroxyl groups is 3. The van der Waals surface area contributed by atoms with Crippen molar-refractivity contribution in [3.05, 3.63) is 72.5 Å². The summed E-state index contributed by atoms with van der Waals surface area (Å²) in [5.74, 6) is -2.51. The number of nitrogens with zero attached hydrogens (tertiary/aromatic N) is 2. The second kappa shape index (κ2) is 23.5. The highest BCUT2D eigenvalue weighted by Crippen LogP contribution is 2.55. The van der Waals surface area contributed by atoms with Crippen LogP contribution in [0.1, 0.15) is 116 Å². The number of nitrogens with one attached hydrogen (secondary N) is 1. The minimum absolute atomic E-state index is 0.00124. The predicted molar refractivity (Wildman–Crippen MR) is 261 cm³/mol. The summed E-state index contributed by atoms with van der Waals surface area (Å²) >= 11 is 0. The van der Waals surface area contributed by atoms with E-state index < -0.39 is 80.2 Å². The number of amides is 1. The summed E-state index contributed by atoms with van der Waals surface area (Å²) in [6.07, 6.45) is 1.97. The fraction of sp³-hybridized carbons (Fsp3) is 0.706. The maximum absolute atomic E-state index is 13.6. The first-order chi connectivity index (χ1) is 31.2. The molecular formula is C51H83N3O12Si. The Bertz CT molecular complexity index is 1920. The van der Waals surface area contributed by atoms with Gasteiger partial charge in [-0.25, -0.2) is 9.78 Å². The molecule has 0 unspecified atom stereocenters. The number of aromatic nitrogens is 1. The number of ether oxygens (including phenoxy) is 5. The first kappa shape index (κ1) is 56.3. The van der Waals surface area contributed by atoms with Crippen LogP contribution in [0, 0.1) is 17.3 Å². The smallest absolute Gasteiger partial charge is 0.338 e. The van der Waals surface area contributed by atoms with Gasteiger partial charge in [-0.1, -0.05) is 85.7 Å². The minimum atomic E-state index is -2.22. The number of hydrogen-bond donors (Lipinski definition) is 4. The highest BCUT2D eigenvalue weighted by atomic mass is 28.4. The lowest BCUT2D eigenvalue weighted by Crippen LogP contribution is -2.58. The van der Waals surface area contributed by atoms with Crippen LogP contribution in [0.3, 0.4) is 0 Å². The molecule has 2 aromatic rings. The third kappa shape index (κ3) is 13.5. The number of carbonyl (C=O) groups is 2. The molecular weight excluding hydrogens is 876 g/mol. The average Bonchev–Trinajstić information content (AvgIpc) is 3.81. The molecule has 1 aromatic heterocycles. The van der Waals surface area contributed by atoms with Gasteiger partial charge in [0, 0.05) is 50.4 Å². The molecule has 2 aliphatic rings. The summed E-state index contributed by atoms with van der Waals surface area (Å²) in [5.41, 5.74) is 0.0346.